The fraction of sp³-hybridized carbons (Fsp3) is 0.125. The van der Waals surface area contributed by atoms with Crippen LogP contribution < -0.4 is 20.2 Å². The van der Waals surface area contributed by atoms with Crippen molar-refractivity contribution in [2.24, 2.45) is 5.10 Å². The Morgan fingerprint density at radius 2 is 1.71 bits per heavy atom. The van der Waals surface area contributed by atoms with Gasteiger partial charge < -0.3 is 14.8 Å². The molecule has 0 aliphatic carbocycles. The normalized spacial score (nSPS) is 11.0. The molecule has 3 rings (SSSR count). The summed E-state index contributed by atoms with van der Waals surface area (Å²) < 4.78 is 37.4. The van der Waals surface area contributed by atoms with Crippen molar-refractivity contribution < 1.29 is 27.8 Å². The van der Waals surface area contributed by atoms with Crippen molar-refractivity contribution in [2.45, 2.75) is 13.5 Å². The molecule has 0 saturated carbocycles. The van der Waals surface area contributed by atoms with E-state index in [1.807, 2.05) is 0 Å². The largest absolute Gasteiger partial charge is 0.493 e. The van der Waals surface area contributed by atoms with Gasteiger partial charge in [0.25, 0.3) is 0 Å². The lowest BCUT2D eigenvalue weighted by Gasteiger charge is -2.12. The smallest absolute Gasteiger partial charge is 0.329 e. The number of halogens is 3. The Balaban J connectivity index is 1.62. The van der Waals surface area contributed by atoms with Crippen LogP contribution in [0.5, 0.6) is 11.5 Å². The number of rotatable bonds is 7. The Kier molecular flexibility index (Phi) is 8.15. The minimum absolute atomic E-state index is 0.160. The molecule has 3 aromatic carbocycles. The van der Waals surface area contributed by atoms with Gasteiger partial charge in [0.15, 0.2) is 11.5 Å². The Labute approximate surface area is 199 Å². The maximum Gasteiger partial charge on any atom is 0.329 e. The zero-order chi connectivity index (χ0) is 24.7. The van der Waals surface area contributed by atoms with E-state index in [0.29, 0.717) is 22.8 Å². The van der Waals surface area contributed by atoms with E-state index in [1.54, 1.807) is 37.3 Å². The number of hydrogen-bond donors (Lipinski definition) is 2. The minimum Gasteiger partial charge on any atom is -0.493 e. The van der Waals surface area contributed by atoms with Crippen LogP contribution in [0.15, 0.2) is 65.8 Å². The van der Waals surface area contributed by atoms with Gasteiger partial charge in [0, 0.05) is 11.3 Å². The Hall–Kier alpha value is -3.98. The van der Waals surface area contributed by atoms with Crippen LogP contribution in [-0.2, 0) is 16.2 Å². The number of ether oxygens (including phenoxy) is 2. The van der Waals surface area contributed by atoms with Crippen LogP contribution in [0, 0.1) is 11.6 Å². The van der Waals surface area contributed by atoms with Gasteiger partial charge in [-0.05, 0) is 61.0 Å². The molecule has 176 valence electrons. The molecule has 0 atom stereocenters. The van der Waals surface area contributed by atoms with Gasteiger partial charge in [-0.1, -0.05) is 23.7 Å². The number of carbonyl (C=O) groups is 2. The number of anilines is 1. The minimum atomic E-state index is -1.02. The molecular formula is C24H20ClF2N3O4. The summed E-state index contributed by atoms with van der Waals surface area (Å²) >= 11 is 5.66. The fourth-order valence-electron chi connectivity index (χ4n) is 2.77. The predicted molar refractivity (Wildman–Crippen MR) is 124 cm³/mol. The molecule has 0 unspecified atom stereocenters. The zero-order valence-electron chi connectivity index (χ0n) is 18.2. The number of hydrazone groups is 1. The third-order valence-corrected chi connectivity index (χ3v) is 4.89. The molecule has 10 heteroatoms. The van der Waals surface area contributed by atoms with Gasteiger partial charge >= 0.3 is 11.8 Å². The summed E-state index contributed by atoms with van der Waals surface area (Å²) in [7, 11) is 1.48. The van der Waals surface area contributed by atoms with Crippen LogP contribution in [0.1, 0.15) is 18.1 Å². The number of hydrogen-bond acceptors (Lipinski definition) is 5. The maximum atomic E-state index is 13.2. The van der Waals surface area contributed by atoms with Gasteiger partial charge in [-0.2, -0.15) is 5.10 Å². The van der Waals surface area contributed by atoms with Crippen molar-refractivity contribution >= 4 is 34.8 Å². The van der Waals surface area contributed by atoms with E-state index < -0.39 is 17.6 Å². The third kappa shape index (κ3) is 6.52. The van der Waals surface area contributed by atoms with Crippen LogP contribution in [0.25, 0.3) is 0 Å². The number of methoxy groups -OCH3 is 1. The summed E-state index contributed by atoms with van der Waals surface area (Å²) in [6.07, 6.45) is 0. The van der Waals surface area contributed by atoms with Crippen LogP contribution in [0.2, 0.25) is 5.02 Å². The van der Waals surface area contributed by atoms with Crippen molar-refractivity contribution in [3.63, 3.8) is 0 Å². The number of amides is 2. The highest BCUT2D eigenvalue weighted by molar-refractivity contribution is 6.40. The first-order valence-electron chi connectivity index (χ1n) is 9.93. The van der Waals surface area contributed by atoms with Crippen molar-refractivity contribution in [1.29, 1.82) is 0 Å². The number of carbonyl (C=O) groups excluding carboxylic acids is 2. The Bertz CT molecular complexity index is 1230. The molecule has 0 saturated heterocycles. The average molecular weight is 488 g/mol. The highest BCUT2D eigenvalue weighted by Gasteiger charge is 2.15. The lowest BCUT2D eigenvalue weighted by molar-refractivity contribution is -0.136. The van der Waals surface area contributed by atoms with Crippen LogP contribution in [-0.4, -0.2) is 24.6 Å². The average Bonchev–Trinajstić information content (AvgIpc) is 2.84. The van der Waals surface area contributed by atoms with E-state index >= 15 is 0 Å². The summed E-state index contributed by atoms with van der Waals surface area (Å²) in [5, 5.41) is 6.05. The Morgan fingerprint density at radius 3 is 2.38 bits per heavy atom. The number of nitrogens with one attached hydrogen (secondary N) is 2. The molecule has 0 bridgehead atoms. The van der Waals surface area contributed by atoms with Gasteiger partial charge in [0.05, 0.1) is 17.8 Å². The predicted octanol–water partition coefficient (Wildman–Crippen LogP) is 4.68. The van der Waals surface area contributed by atoms with Gasteiger partial charge in [-0.25, -0.2) is 14.2 Å². The molecular weight excluding hydrogens is 468 g/mol. The van der Waals surface area contributed by atoms with Gasteiger partial charge in [0.1, 0.15) is 18.2 Å². The van der Waals surface area contributed by atoms with Gasteiger partial charge in [-0.3, -0.25) is 9.59 Å². The summed E-state index contributed by atoms with van der Waals surface area (Å²) in [5.74, 6) is -2.11. The molecule has 0 spiro atoms. The summed E-state index contributed by atoms with van der Waals surface area (Å²) in [5.41, 5.74) is 4.11. The quantitative estimate of drug-likeness (QED) is 0.287. The van der Waals surface area contributed by atoms with Crippen molar-refractivity contribution in [3.05, 3.63) is 88.4 Å². The number of benzene rings is 3. The highest BCUT2D eigenvalue weighted by Crippen LogP contribution is 2.29. The van der Waals surface area contributed by atoms with E-state index in [-0.39, 0.29) is 23.1 Å². The molecule has 2 amide bonds. The molecule has 0 heterocycles. The van der Waals surface area contributed by atoms with Crippen molar-refractivity contribution in [2.75, 3.05) is 12.4 Å². The standard InChI is InChI=1S/C24H20ClF2N3O4/c1-14(29-30-24(32)23(31)28-18-8-9-20(27)19(25)12-18)16-5-10-21(22(11-16)33-2)34-13-15-3-6-17(26)7-4-15/h3-12H,13H2,1-2H3,(H,28,31)(H,30,32)/b29-14+. The first kappa shape index (κ1) is 24.7. The summed E-state index contributed by atoms with van der Waals surface area (Å²) in [6, 6.07) is 14.5. The molecule has 0 radical (unpaired) electrons. The molecule has 0 fully saturated rings. The topological polar surface area (TPSA) is 89.0 Å². The summed E-state index contributed by atoms with van der Waals surface area (Å²) in [4.78, 5) is 24.1. The molecule has 7 nitrogen and oxygen atoms in total. The zero-order valence-corrected chi connectivity index (χ0v) is 19.0. The molecule has 0 aliphatic heterocycles. The summed E-state index contributed by atoms with van der Waals surface area (Å²) in [6.45, 7) is 1.85. The van der Waals surface area contributed by atoms with E-state index in [1.165, 1.54) is 31.4 Å². The second-order valence-corrected chi connectivity index (χ2v) is 7.41. The number of nitrogens with zero attached hydrogens (tertiary/aromatic N) is 1. The maximum absolute atomic E-state index is 13.2. The molecule has 34 heavy (non-hydrogen) atoms. The molecule has 0 aromatic heterocycles. The Morgan fingerprint density at radius 1 is 0.971 bits per heavy atom. The van der Waals surface area contributed by atoms with Crippen LogP contribution >= 0.6 is 11.6 Å². The van der Waals surface area contributed by atoms with Gasteiger partial charge in [-0.15, -0.1) is 0 Å². The SMILES string of the molecule is COc1cc(/C(C)=N/NC(=O)C(=O)Nc2ccc(F)c(Cl)c2)ccc1OCc1ccc(F)cc1. The second-order valence-electron chi connectivity index (χ2n) is 7.00. The first-order chi connectivity index (χ1) is 16.3. The lowest BCUT2D eigenvalue weighted by atomic mass is 10.1. The highest BCUT2D eigenvalue weighted by atomic mass is 35.5. The van der Waals surface area contributed by atoms with Crippen LogP contribution in [0.4, 0.5) is 14.5 Å². The molecule has 2 N–H and O–H groups in total. The van der Waals surface area contributed by atoms with E-state index in [4.69, 9.17) is 21.1 Å². The fourth-order valence-corrected chi connectivity index (χ4v) is 2.95. The van der Waals surface area contributed by atoms with Crippen molar-refractivity contribution in [3.8, 4) is 11.5 Å². The second kappa shape index (κ2) is 11.2. The third-order valence-electron chi connectivity index (χ3n) is 4.60. The van der Waals surface area contributed by atoms with E-state index in [0.717, 1.165) is 11.6 Å². The van der Waals surface area contributed by atoms with Crippen LogP contribution in [0.3, 0.4) is 0 Å². The van der Waals surface area contributed by atoms with Crippen molar-refractivity contribution in [1.82, 2.24) is 5.43 Å². The van der Waals surface area contributed by atoms with E-state index in [9.17, 15) is 18.4 Å². The lowest BCUT2D eigenvalue weighted by Crippen LogP contribution is -2.32. The first-order valence-corrected chi connectivity index (χ1v) is 10.3. The van der Waals surface area contributed by atoms with Gasteiger partial charge in [0.2, 0.25) is 0 Å². The molecule has 3 aromatic rings. The monoisotopic (exact) mass is 487 g/mol. The molecule has 0 aliphatic rings. The van der Waals surface area contributed by atoms with E-state index in [2.05, 4.69) is 15.8 Å².